The number of anilines is 1. The fourth-order valence-corrected chi connectivity index (χ4v) is 7.13. The van der Waals surface area contributed by atoms with Gasteiger partial charge in [0.1, 0.15) is 23.0 Å². The zero-order valence-corrected chi connectivity index (χ0v) is 26.9. The quantitative estimate of drug-likeness (QED) is 0.150. The third-order valence-electron chi connectivity index (χ3n) is 8.65. The van der Waals surface area contributed by atoms with Gasteiger partial charge in [-0.2, -0.15) is 13.9 Å². The number of Topliss-reactive ketones (excluding diaryl/α,β-unsaturated/α-hetero) is 1. The van der Waals surface area contributed by atoms with Crippen LogP contribution in [-0.2, 0) is 22.9 Å². The lowest BCUT2D eigenvalue weighted by Gasteiger charge is -2.30. The Morgan fingerprint density at radius 1 is 1.06 bits per heavy atom. The van der Waals surface area contributed by atoms with Gasteiger partial charge in [-0.25, -0.2) is 26.2 Å². The van der Waals surface area contributed by atoms with Crippen LogP contribution in [0.25, 0.3) is 11.8 Å². The Hall–Kier alpha value is -4.69. The number of piperidine rings is 1. The second-order valence-electron chi connectivity index (χ2n) is 12.0. The van der Waals surface area contributed by atoms with Crippen LogP contribution in [0.5, 0.6) is 17.2 Å². The molecule has 1 aromatic heterocycles. The highest BCUT2D eigenvalue weighted by Crippen LogP contribution is 2.37. The first-order valence-electron chi connectivity index (χ1n) is 15.2. The van der Waals surface area contributed by atoms with E-state index < -0.39 is 34.1 Å². The number of rotatable bonds is 10. The van der Waals surface area contributed by atoms with E-state index in [0.29, 0.717) is 54.6 Å². The predicted molar refractivity (Wildman–Crippen MR) is 171 cm³/mol. The van der Waals surface area contributed by atoms with Crippen molar-refractivity contribution in [1.82, 2.24) is 14.1 Å². The molecule has 1 aliphatic carbocycles. The second kappa shape index (κ2) is 13.1. The van der Waals surface area contributed by atoms with Crippen molar-refractivity contribution in [3.63, 3.8) is 0 Å². The Kier molecular flexibility index (Phi) is 9.05. The number of ketones is 1. The van der Waals surface area contributed by atoms with Crippen molar-refractivity contribution in [2.45, 2.75) is 39.2 Å². The Labute approximate surface area is 274 Å². The average Bonchev–Trinajstić information content (AvgIpc) is 3.60. The summed E-state index contributed by atoms with van der Waals surface area (Å²) in [6, 6.07) is 11.5. The lowest BCUT2D eigenvalue weighted by Crippen LogP contribution is -2.38. The maximum Gasteiger partial charge on any atom is 0.387 e. The molecule has 0 saturated carbocycles. The van der Waals surface area contributed by atoms with E-state index in [9.17, 15) is 26.4 Å². The number of benzene rings is 3. The number of hydrogen-bond donors (Lipinski definition) is 1. The number of ether oxygens (including phenoxy) is 2. The number of sulfonamides is 1. The minimum Gasteiger partial charge on any atom is -0.454 e. The molecule has 1 aliphatic heterocycles. The molecular formula is C34H32F4N4O5S. The summed E-state index contributed by atoms with van der Waals surface area (Å²) in [5.74, 6) is -1.89. The summed E-state index contributed by atoms with van der Waals surface area (Å²) < 4.78 is 92.9. The van der Waals surface area contributed by atoms with Crippen molar-refractivity contribution in [2.75, 3.05) is 25.1 Å². The zero-order chi connectivity index (χ0) is 34.3. The molecule has 0 unspecified atom stereocenters. The normalized spacial score (nSPS) is 15.4. The number of allylic oxidation sites excluding steroid dienone is 1. The number of aryl methyl sites for hydroxylation is 1. The molecule has 0 spiro atoms. The largest absolute Gasteiger partial charge is 0.454 e. The molecule has 14 heteroatoms. The molecule has 252 valence electrons. The first-order valence-corrected chi connectivity index (χ1v) is 17.0. The summed E-state index contributed by atoms with van der Waals surface area (Å²) in [5, 5.41) is 4.18. The lowest BCUT2D eigenvalue weighted by atomic mass is 9.89. The first kappa shape index (κ1) is 33.2. The zero-order valence-electron chi connectivity index (χ0n) is 26.1. The van der Waals surface area contributed by atoms with Crippen LogP contribution in [0.4, 0.5) is 23.4 Å². The number of nitrogens with two attached hydrogens (primary N) is 1. The summed E-state index contributed by atoms with van der Waals surface area (Å²) >= 11 is 0. The van der Waals surface area contributed by atoms with Gasteiger partial charge in [-0.1, -0.05) is 18.2 Å². The Balaban J connectivity index is 1.21. The molecule has 0 amide bonds. The minimum absolute atomic E-state index is 0.0000419. The summed E-state index contributed by atoms with van der Waals surface area (Å²) in [6.45, 7) is -0.764. The maximum atomic E-state index is 15.4. The summed E-state index contributed by atoms with van der Waals surface area (Å²) in [4.78, 5) is 13.7. The highest BCUT2D eigenvalue weighted by atomic mass is 32.2. The molecule has 0 radical (unpaired) electrons. The third kappa shape index (κ3) is 6.81. The van der Waals surface area contributed by atoms with Gasteiger partial charge in [0, 0.05) is 31.1 Å². The number of halogens is 4. The smallest absolute Gasteiger partial charge is 0.387 e. The molecular weight excluding hydrogens is 652 g/mol. The number of para-hydroxylation sites is 1. The van der Waals surface area contributed by atoms with Crippen LogP contribution in [0.1, 0.15) is 45.5 Å². The minimum atomic E-state index is -3.31. The van der Waals surface area contributed by atoms with Crippen LogP contribution in [0, 0.1) is 24.5 Å². The number of hydrogen-bond acceptors (Lipinski definition) is 7. The van der Waals surface area contributed by atoms with Crippen LogP contribution < -0.4 is 15.2 Å². The second-order valence-corrected chi connectivity index (χ2v) is 14.0. The number of nitrogen functional groups attached to an aromatic ring is 1. The van der Waals surface area contributed by atoms with Crippen molar-refractivity contribution >= 4 is 27.7 Å². The molecule has 2 heterocycles. The number of carbonyl (C=O) groups is 1. The van der Waals surface area contributed by atoms with Gasteiger partial charge in [-0.05, 0) is 84.7 Å². The number of aromatic nitrogens is 2. The summed E-state index contributed by atoms with van der Waals surface area (Å²) in [7, 11) is -3.31. The average molecular weight is 685 g/mol. The topological polar surface area (TPSA) is 117 Å². The number of alkyl halides is 2. The fraction of sp³-hybridized carbons (Fsp3) is 0.294. The molecule has 48 heavy (non-hydrogen) atoms. The van der Waals surface area contributed by atoms with Gasteiger partial charge in [0.2, 0.25) is 10.0 Å². The predicted octanol–water partition coefficient (Wildman–Crippen LogP) is 6.47. The fourth-order valence-electron chi connectivity index (χ4n) is 6.26. The molecule has 0 bridgehead atoms. The number of nitrogens with zero attached hydrogens (tertiary/aromatic N) is 3. The molecule has 1 fully saturated rings. The van der Waals surface area contributed by atoms with Crippen LogP contribution in [0.15, 0.2) is 60.3 Å². The van der Waals surface area contributed by atoms with Gasteiger partial charge in [-0.3, -0.25) is 4.79 Å². The van der Waals surface area contributed by atoms with Gasteiger partial charge in [0.25, 0.3) is 0 Å². The Morgan fingerprint density at radius 2 is 1.79 bits per heavy atom. The van der Waals surface area contributed by atoms with Crippen molar-refractivity contribution in [1.29, 1.82) is 0 Å². The van der Waals surface area contributed by atoms with Gasteiger partial charge in [0.15, 0.2) is 23.2 Å². The van der Waals surface area contributed by atoms with Crippen LogP contribution >= 0.6 is 0 Å². The number of fused-ring (bicyclic) bond motifs is 1. The molecule has 2 aliphatic rings. The van der Waals surface area contributed by atoms with E-state index >= 15 is 4.39 Å². The van der Waals surface area contributed by atoms with Gasteiger partial charge in [0.05, 0.1) is 18.0 Å². The number of carbonyl (C=O) groups excluding carboxylic acids is 1. The SMILES string of the molecule is Cc1cc(Oc2ccccc2F)cc(F)c1-n1ncc(C(=O)C2=Cc3cc(OC(F)F)c(CC4CCN(S(C)(=O)=O)CC4)cc3C2)c1N. The molecule has 0 atom stereocenters. The van der Waals surface area contributed by atoms with Crippen LogP contribution in [0.3, 0.4) is 0 Å². The maximum absolute atomic E-state index is 15.4. The van der Waals surface area contributed by atoms with Crippen molar-refractivity contribution in [3.05, 3.63) is 99.8 Å². The van der Waals surface area contributed by atoms with E-state index in [0.717, 1.165) is 22.6 Å². The van der Waals surface area contributed by atoms with E-state index in [4.69, 9.17) is 15.2 Å². The van der Waals surface area contributed by atoms with Crippen molar-refractivity contribution in [3.8, 4) is 22.9 Å². The lowest BCUT2D eigenvalue weighted by molar-refractivity contribution is -0.0506. The Morgan fingerprint density at radius 3 is 2.46 bits per heavy atom. The molecule has 3 aromatic carbocycles. The standard InChI is InChI=1S/C34H32F4N4O5S/c1-19-11-25(46-29-6-4-3-5-27(29)35)17-28(36)31(19)42-33(39)26(18-40-42)32(43)24-14-21-13-23(30(47-34(37)38)16-22(21)15-24)12-20-7-9-41(10-8-20)48(2,44)45/h3-6,11,13,15-18,20,34H,7-10,12,14,39H2,1-2H3. The van der Waals surface area contributed by atoms with E-state index in [1.165, 1.54) is 40.8 Å². The summed E-state index contributed by atoms with van der Waals surface area (Å²) in [5.41, 5.74) is 8.88. The van der Waals surface area contributed by atoms with E-state index in [1.807, 2.05) is 0 Å². The Bertz CT molecular complexity index is 2020. The molecule has 6 rings (SSSR count). The molecule has 2 N–H and O–H groups in total. The molecule has 9 nitrogen and oxygen atoms in total. The van der Waals surface area contributed by atoms with Crippen molar-refractivity contribution in [2.24, 2.45) is 5.92 Å². The third-order valence-corrected chi connectivity index (χ3v) is 9.95. The van der Waals surface area contributed by atoms with Crippen LogP contribution in [-0.4, -0.2) is 54.2 Å². The van der Waals surface area contributed by atoms with Crippen molar-refractivity contribution < 1.29 is 40.2 Å². The highest BCUT2D eigenvalue weighted by molar-refractivity contribution is 7.88. The van der Waals surface area contributed by atoms with Gasteiger partial charge >= 0.3 is 6.61 Å². The van der Waals surface area contributed by atoms with Gasteiger partial charge in [-0.15, -0.1) is 0 Å². The molecule has 1 saturated heterocycles. The van der Waals surface area contributed by atoms with E-state index in [1.54, 1.807) is 25.1 Å². The van der Waals surface area contributed by atoms with Gasteiger partial charge < -0.3 is 15.2 Å². The van der Waals surface area contributed by atoms with E-state index in [2.05, 4.69) is 5.10 Å². The first-order chi connectivity index (χ1) is 22.8. The highest BCUT2D eigenvalue weighted by Gasteiger charge is 2.29. The monoisotopic (exact) mass is 684 g/mol. The molecule has 4 aromatic rings. The van der Waals surface area contributed by atoms with E-state index in [-0.39, 0.29) is 46.7 Å². The summed E-state index contributed by atoms with van der Waals surface area (Å²) in [6.07, 6.45) is 5.74. The van der Waals surface area contributed by atoms with Crippen LogP contribution in [0.2, 0.25) is 0 Å².